The Labute approximate surface area is 230 Å². The van der Waals surface area contributed by atoms with Crippen LogP contribution in [0.1, 0.15) is 25.6 Å². The van der Waals surface area contributed by atoms with E-state index in [4.69, 9.17) is 29.4 Å². The van der Waals surface area contributed by atoms with Crippen LogP contribution in [-0.2, 0) is 33.3 Å². The number of aromatic nitrogens is 4. The number of hydrogen-bond donors (Lipinski definition) is 2. The molecule has 13 nitrogen and oxygen atoms in total. The number of esters is 1. The van der Waals surface area contributed by atoms with E-state index in [0.29, 0.717) is 28.1 Å². The van der Waals surface area contributed by atoms with Crippen molar-refractivity contribution in [2.45, 2.75) is 44.2 Å². The van der Waals surface area contributed by atoms with Crippen molar-refractivity contribution in [3.05, 3.63) is 52.7 Å². The summed E-state index contributed by atoms with van der Waals surface area (Å²) in [6, 6.07) is 7.17. The van der Waals surface area contributed by atoms with Gasteiger partial charge in [-0.3, -0.25) is 9.36 Å². The highest BCUT2D eigenvalue weighted by molar-refractivity contribution is 9.10. The van der Waals surface area contributed by atoms with E-state index in [-0.39, 0.29) is 25.6 Å². The second-order valence-electron chi connectivity index (χ2n) is 9.69. The molecule has 4 atom stereocenters. The highest BCUT2D eigenvalue weighted by atomic mass is 79.9. The molecule has 2 saturated heterocycles. The van der Waals surface area contributed by atoms with Crippen molar-refractivity contribution in [1.82, 2.24) is 24.8 Å². The van der Waals surface area contributed by atoms with Gasteiger partial charge in [-0.2, -0.15) is 0 Å². The number of hydrogen-bond acceptors (Lipinski definition) is 11. The third-order valence-electron chi connectivity index (χ3n) is 6.61. The summed E-state index contributed by atoms with van der Waals surface area (Å²) in [5.41, 5.74) is 7.84. The van der Waals surface area contributed by atoms with Gasteiger partial charge in [0, 0.05) is 11.0 Å². The maximum Gasteiger partial charge on any atom is 0.342 e. The predicted molar refractivity (Wildman–Crippen MR) is 138 cm³/mol. The molecule has 1 aromatic carbocycles. The van der Waals surface area contributed by atoms with Gasteiger partial charge in [0.15, 0.2) is 30.1 Å². The van der Waals surface area contributed by atoms with Gasteiger partial charge in [0.1, 0.15) is 48.1 Å². The summed E-state index contributed by atoms with van der Waals surface area (Å²) >= 11 is 3.37. The quantitative estimate of drug-likeness (QED) is 0.379. The van der Waals surface area contributed by atoms with E-state index in [9.17, 15) is 9.59 Å². The standard InChI is InChI=1S/C25H25BrN6O7/c1-25(2)38-19-14(37-23(20(19)39-25)32-11-31-18-21(27)29-10-30-22(18)32)7-28-16(33)9-35-15-8-36-24(34)17(15)12-3-5-13(26)6-4-12/h3-6,10-11,14,19-20,23H,7-9H2,1-2H3,(H,28,33)(H2,27,29,30)/t14-,19-,20-,23-/m1/s1. The summed E-state index contributed by atoms with van der Waals surface area (Å²) in [6.07, 6.45) is 0.840. The Morgan fingerprint density at radius 2 is 1.97 bits per heavy atom. The number of benzene rings is 1. The predicted octanol–water partition coefficient (Wildman–Crippen LogP) is 1.69. The molecule has 14 heteroatoms. The first-order valence-electron chi connectivity index (χ1n) is 12.2. The minimum absolute atomic E-state index is 0.0398. The largest absolute Gasteiger partial charge is 0.484 e. The highest BCUT2D eigenvalue weighted by Crippen LogP contribution is 2.43. The van der Waals surface area contributed by atoms with Gasteiger partial charge in [-0.15, -0.1) is 0 Å². The number of carbonyl (C=O) groups excluding carboxylic acids is 2. The maximum atomic E-state index is 12.7. The summed E-state index contributed by atoms with van der Waals surface area (Å²) in [7, 11) is 0. The van der Waals surface area contributed by atoms with Crippen LogP contribution in [0.25, 0.3) is 16.7 Å². The number of cyclic esters (lactones) is 1. The lowest BCUT2D eigenvalue weighted by Gasteiger charge is -2.25. The van der Waals surface area contributed by atoms with Crippen molar-refractivity contribution < 1.29 is 33.3 Å². The first-order valence-corrected chi connectivity index (χ1v) is 13.0. The molecule has 6 rings (SSSR count). The van der Waals surface area contributed by atoms with Crippen LogP contribution in [0.3, 0.4) is 0 Å². The number of carbonyl (C=O) groups is 2. The van der Waals surface area contributed by atoms with E-state index < -0.39 is 42.2 Å². The minimum atomic E-state index is -0.849. The van der Waals surface area contributed by atoms with Gasteiger partial charge in [-0.05, 0) is 31.5 Å². The number of ether oxygens (including phenoxy) is 5. The molecule has 0 saturated carbocycles. The molecule has 3 aromatic rings. The van der Waals surface area contributed by atoms with E-state index in [1.807, 2.05) is 26.0 Å². The van der Waals surface area contributed by atoms with E-state index in [1.165, 1.54) is 6.33 Å². The number of rotatable bonds is 7. The number of nitrogens with one attached hydrogen (secondary N) is 1. The number of nitrogens with two attached hydrogens (primary N) is 1. The van der Waals surface area contributed by atoms with Crippen molar-refractivity contribution in [3.63, 3.8) is 0 Å². The average molecular weight is 601 g/mol. The van der Waals surface area contributed by atoms with Gasteiger partial charge in [0.25, 0.3) is 5.91 Å². The Hall–Kier alpha value is -3.59. The number of anilines is 1. The second-order valence-corrected chi connectivity index (χ2v) is 10.6. The topological polar surface area (TPSA) is 162 Å². The van der Waals surface area contributed by atoms with E-state index in [1.54, 1.807) is 23.0 Å². The summed E-state index contributed by atoms with van der Waals surface area (Å²) < 4.78 is 32.0. The molecule has 204 valence electrons. The summed E-state index contributed by atoms with van der Waals surface area (Å²) in [5, 5.41) is 2.82. The molecule has 5 heterocycles. The van der Waals surface area contributed by atoms with Crippen LogP contribution in [0.2, 0.25) is 0 Å². The number of fused-ring (bicyclic) bond motifs is 2. The fraction of sp³-hybridized carbons (Fsp3) is 0.400. The minimum Gasteiger partial charge on any atom is -0.484 e. The highest BCUT2D eigenvalue weighted by Gasteiger charge is 2.56. The van der Waals surface area contributed by atoms with Crippen LogP contribution in [0.4, 0.5) is 5.82 Å². The molecule has 0 bridgehead atoms. The zero-order valence-electron chi connectivity index (χ0n) is 21.0. The Bertz CT molecular complexity index is 1470. The monoisotopic (exact) mass is 600 g/mol. The van der Waals surface area contributed by atoms with Gasteiger partial charge in [-0.25, -0.2) is 19.7 Å². The van der Waals surface area contributed by atoms with Crippen molar-refractivity contribution in [1.29, 1.82) is 0 Å². The fourth-order valence-corrected chi connectivity index (χ4v) is 5.18. The van der Waals surface area contributed by atoms with E-state index in [0.717, 1.165) is 4.47 Å². The third kappa shape index (κ3) is 4.84. The molecule has 3 aliphatic heterocycles. The lowest BCUT2D eigenvalue weighted by atomic mass is 10.1. The molecule has 0 aliphatic carbocycles. The van der Waals surface area contributed by atoms with E-state index in [2.05, 4.69) is 36.2 Å². The summed E-state index contributed by atoms with van der Waals surface area (Å²) in [4.78, 5) is 37.6. The van der Waals surface area contributed by atoms with Crippen molar-refractivity contribution >= 4 is 50.4 Å². The van der Waals surface area contributed by atoms with E-state index >= 15 is 0 Å². The number of amides is 1. The molecule has 39 heavy (non-hydrogen) atoms. The lowest BCUT2D eigenvalue weighted by molar-refractivity contribution is -0.195. The van der Waals surface area contributed by atoms with Gasteiger partial charge >= 0.3 is 5.97 Å². The van der Waals surface area contributed by atoms with Crippen LogP contribution in [0.5, 0.6) is 0 Å². The molecule has 3 aliphatic rings. The Balaban J connectivity index is 1.13. The average Bonchev–Trinajstić information content (AvgIpc) is 3.64. The molecule has 0 unspecified atom stereocenters. The smallest absolute Gasteiger partial charge is 0.342 e. The Morgan fingerprint density at radius 1 is 1.21 bits per heavy atom. The third-order valence-corrected chi connectivity index (χ3v) is 7.14. The van der Waals surface area contributed by atoms with Crippen LogP contribution < -0.4 is 11.1 Å². The number of nitrogen functional groups attached to an aromatic ring is 1. The Morgan fingerprint density at radius 3 is 2.77 bits per heavy atom. The Kier molecular flexibility index (Phi) is 6.49. The van der Waals surface area contributed by atoms with Gasteiger partial charge in [0.2, 0.25) is 0 Å². The van der Waals surface area contributed by atoms with Crippen molar-refractivity contribution in [3.8, 4) is 0 Å². The zero-order chi connectivity index (χ0) is 27.3. The SMILES string of the molecule is CC1(C)O[C@@H]2[C@H](O1)[C@@H](CNC(=O)COC1=C(c3ccc(Br)cc3)C(=O)OC1)O[C@H]2n1cnc2c(N)ncnc21. The van der Waals surface area contributed by atoms with Gasteiger partial charge in [0.05, 0.1) is 6.33 Å². The second kappa shape index (κ2) is 9.86. The van der Waals surface area contributed by atoms with Crippen LogP contribution in [0.15, 0.2) is 47.2 Å². The number of nitrogens with zero attached hydrogens (tertiary/aromatic N) is 4. The first-order chi connectivity index (χ1) is 18.7. The number of halogens is 1. The molecule has 2 fully saturated rings. The molecule has 0 radical (unpaired) electrons. The van der Waals surface area contributed by atoms with Gasteiger partial charge in [-0.1, -0.05) is 28.1 Å². The molecule has 0 spiro atoms. The number of imidazole rings is 1. The summed E-state index contributed by atoms with van der Waals surface area (Å²) in [5.74, 6) is -1.18. The molecule has 1 amide bonds. The fourth-order valence-electron chi connectivity index (χ4n) is 4.92. The van der Waals surface area contributed by atoms with Crippen LogP contribution in [0, 0.1) is 0 Å². The van der Waals surface area contributed by atoms with Crippen LogP contribution >= 0.6 is 15.9 Å². The lowest BCUT2D eigenvalue weighted by Crippen LogP contribution is -2.41. The van der Waals surface area contributed by atoms with Gasteiger partial charge < -0.3 is 34.7 Å². The first kappa shape index (κ1) is 25.7. The van der Waals surface area contributed by atoms with Crippen molar-refractivity contribution in [2.75, 3.05) is 25.5 Å². The summed E-state index contributed by atoms with van der Waals surface area (Å²) in [6.45, 7) is 3.43. The molecule has 3 N–H and O–H groups in total. The van der Waals surface area contributed by atoms with Crippen molar-refractivity contribution in [2.24, 2.45) is 0 Å². The zero-order valence-corrected chi connectivity index (χ0v) is 22.6. The molecular formula is C25H25BrN6O7. The maximum absolute atomic E-state index is 12.7. The normalized spacial score (nSPS) is 25.7. The molecular weight excluding hydrogens is 576 g/mol. The van der Waals surface area contributed by atoms with Crippen LogP contribution in [-0.4, -0.2) is 75.3 Å². The molecule has 2 aromatic heterocycles.